The van der Waals surface area contributed by atoms with Crippen molar-refractivity contribution in [2.75, 3.05) is 0 Å². The molecule has 1 heterocycles. The summed E-state index contributed by atoms with van der Waals surface area (Å²) in [6.45, 7) is 0. The van der Waals surface area contributed by atoms with E-state index in [-0.39, 0.29) is 18.0 Å². The highest BCUT2D eigenvalue weighted by atomic mass is 79.9. The Bertz CT molecular complexity index is 625. The highest BCUT2D eigenvalue weighted by Crippen LogP contribution is 2.31. The van der Waals surface area contributed by atoms with Gasteiger partial charge in [0.2, 0.25) is 0 Å². The summed E-state index contributed by atoms with van der Waals surface area (Å²) in [5, 5.41) is 0. The summed E-state index contributed by atoms with van der Waals surface area (Å²) in [6.07, 6.45) is 1.34. The number of para-hydroxylation sites is 1. The predicted octanol–water partition coefficient (Wildman–Crippen LogP) is 2.97. The van der Waals surface area contributed by atoms with Crippen molar-refractivity contribution in [1.82, 2.24) is 5.43 Å². The van der Waals surface area contributed by atoms with Gasteiger partial charge in [0.1, 0.15) is 17.7 Å². The van der Waals surface area contributed by atoms with Gasteiger partial charge in [-0.1, -0.05) is 30.3 Å². The molecule has 2 aromatic rings. The Morgan fingerprint density at radius 3 is 2.86 bits per heavy atom. The molecule has 2 aromatic carbocycles. The van der Waals surface area contributed by atoms with Crippen LogP contribution in [0.4, 0.5) is 4.39 Å². The van der Waals surface area contributed by atoms with Crippen molar-refractivity contribution in [3.63, 3.8) is 0 Å². The molecular weight excluding hydrogens is 335 g/mol. The Morgan fingerprint density at radius 1 is 1.29 bits per heavy atom. The Hall–Kier alpha value is -1.43. The van der Waals surface area contributed by atoms with Gasteiger partial charge in [-0.3, -0.25) is 11.3 Å². The number of fused-ring (bicyclic) bond motifs is 1. The van der Waals surface area contributed by atoms with Gasteiger partial charge in [0.05, 0.1) is 10.5 Å². The van der Waals surface area contributed by atoms with Crippen LogP contribution in [0, 0.1) is 5.82 Å². The summed E-state index contributed by atoms with van der Waals surface area (Å²) < 4.78 is 20.0. The topological polar surface area (TPSA) is 47.3 Å². The maximum Gasteiger partial charge on any atom is 0.137 e. The van der Waals surface area contributed by atoms with Crippen LogP contribution in [0.15, 0.2) is 46.9 Å². The lowest BCUT2D eigenvalue weighted by molar-refractivity contribution is 0.177. The number of benzene rings is 2. The number of hydrazine groups is 1. The number of ether oxygens (including phenoxy) is 1. The SMILES string of the molecule is NNC(Cc1cccc(F)c1Br)C1Cc2ccccc2O1. The zero-order chi connectivity index (χ0) is 14.8. The van der Waals surface area contributed by atoms with Gasteiger partial charge in [-0.05, 0) is 45.6 Å². The van der Waals surface area contributed by atoms with E-state index in [0.717, 1.165) is 17.7 Å². The second-order valence-corrected chi connectivity index (χ2v) is 5.95. The maximum atomic E-state index is 13.6. The molecule has 1 aliphatic rings. The van der Waals surface area contributed by atoms with Crippen molar-refractivity contribution in [3.8, 4) is 5.75 Å². The zero-order valence-electron chi connectivity index (χ0n) is 11.4. The largest absolute Gasteiger partial charge is 0.488 e. The first-order valence-corrected chi connectivity index (χ1v) is 7.62. The third-order valence-corrected chi connectivity index (χ3v) is 4.69. The molecule has 21 heavy (non-hydrogen) atoms. The Labute approximate surface area is 131 Å². The van der Waals surface area contributed by atoms with E-state index in [4.69, 9.17) is 10.6 Å². The van der Waals surface area contributed by atoms with Crippen molar-refractivity contribution in [1.29, 1.82) is 0 Å². The van der Waals surface area contributed by atoms with Crippen LogP contribution in [-0.4, -0.2) is 12.1 Å². The molecule has 0 saturated carbocycles. The first-order chi connectivity index (χ1) is 10.2. The van der Waals surface area contributed by atoms with E-state index >= 15 is 0 Å². The quantitative estimate of drug-likeness (QED) is 0.658. The van der Waals surface area contributed by atoms with Crippen LogP contribution >= 0.6 is 15.9 Å². The van der Waals surface area contributed by atoms with Crippen LogP contribution in [0.5, 0.6) is 5.75 Å². The molecule has 0 amide bonds. The molecule has 0 bridgehead atoms. The summed E-state index contributed by atoms with van der Waals surface area (Å²) in [4.78, 5) is 0. The number of rotatable bonds is 4. The molecule has 2 unspecified atom stereocenters. The molecule has 0 fully saturated rings. The second-order valence-electron chi connectivity index (χ2n) is 5.16. The molecule has 5 heteroatoms. The van der Waals surface area contributed by atoms with E-state index < -0.39 is 0 Å². The molecule has 0 saturated heterocycles. The maximum absolute atomic E-state index is 13.6. The normalized spacial score (nSPS) is 18.1. The second kappa shape index (κ2) is 6.13. The van der Waals surface area contributed by atoms with E-state index in [9.17, 15) is 4.39 Å². The molecule has 3 rings (SSSR count). The third-order valence-electron chi connectivity index (χ3n) is 3.81. The summed E-state index contributed by atoms with van der Waals surface area (Å²) in [6, 6.07) is 12.9. The van der Waals surface area contributed by atoms with E-state index in [1.54, 1.807) is 6.07 Å². The lowest BCUT2D eigenvalue weighted by Crippen LogP contribution is -2.47. The van der Waals surface area contributed by atoms with Crippen LogP contribution in [0.3, 0.4) is 0 Å². The van der Waals surface area contributed by atoms with Crippen LogP contribution < -0.4 is 16.0 Å². The molecular formula is C16H16BrFN2O. The lowest BCUT2D eigenvalue weighted by atomic mass is 9.98. The number of halogens is 2. The molecule has 110 valence electrons. The van der Waals surface area contributed by atoms with Crippen LogP contribution in [0.25, 0.3) is 0 Å². The van der Waals surface area contributed by atoms with Crippen molar-refractivity contribution in [2.45, 2.75) is 25.0 Å². The highest BCUT2D eigenvalue weighted by Gasteiger charge is 2.30. The molecule has 0 spiro atoms. The molecule has 0 radical (unpaired) electrons. The first-order valence-electron chi connectivity index (χ1n) is 6.82. The minimum Gasteiger partial charge on any atom is -0.488 e. The van der Waals surface area contributed by atoms with E-state index in [0.29, 0.717) is 10.9 Å². The molecule has 1 aliphatic heterocycles. The average molecular weight is 351 g/mol. The monoisotopic (exact) mass is 350 g/mol. The molecule has 2 atom stereocenters. The lowest BCUT2D eigenvalue weighted by Gasteiger charge is -2.23. The standard InChI is InChI=1S/C16H16BrFN2O/c17-16-11(5-3-6-12(16)18)8-13(20-19)15-9-10-4-1-2-7-14(10)21-15/h1-7,13,15,20H,8-9,19H2. The van der Waals surface area contributed by atoms with Gasteiger partial charge in [0.25, 0.3) is 0 Å². The Kier molecular flexibility index (Phi) is 4.24. The predicted molar refractivity (Wildman–Crippen MR) is 83.5 cm³/mol. The summed E-state index contributed by atoms with van der Waals surface area (Å²) in [5.74, 6) is 6.32. The summed E-state index contributed by atoms with van der Waals surface area (Å²) in [5.41, 5.74) is 4.86. The first kappa shape index (κ1) is 14.5. The van der Waals surface area contributed by atoms with Gasteiger partial charge >= 0.3 is 0 Å². The van der Waals surface area contributed by atoms with E-state index in [1.807, 2.05) is 24.3 Å². The van der Waals surface area contributed by atoms with Gasteiger partial charge in [0.15, 0.2) is 0 Å². The fourth-order valence-corrected chi connectivity index (χ4v) is 3.10. The average Bonchev–Trinajstić information content (AvgIpc) is 2.92. The van der Waals surface area contributed by atoms with Gasteiger partial charge in [-0.25, -0.2) is 4.39 Å². The number of nitrogens with one attached hydrogen (secondary N) is 1. The molecule has 0 aliphatic carbocycles. The third kappa shape index (κ3) is 2.95. The Balaban J connectivity index is 1.77. The van der Waals surface area contributed by atoms with Gasteiger partial charge in [-0.15, -0.1) is 0 Å². The summed E-state index contributed by atoms with van der Waals surface area (Å²) in [7, 11) is 0. The van der Waals surface area contributed by atoms with E-state index in [2.05, 4.69) is 27.4 Å². The number of nitrogens with two attached hydrogens (primary N) is 1. The number of hydrogen-bond acceptors (Lipinski definition) is 3. The minimum atomic E-state index is -0.265. The molecule has 3 nitrogen and oxygen atoms in total. The van der Waals surface area contributed by atoms with Crippen LogP contribution in [0.1, 0.15) is 11.1 Å². The number of hydrogen-bond donors (Lipinski definition) is 2. The fourth-order valence-electron chi connectivity index (χ4n) is 2.67. The van der Waals surface area contributed by atoms with Crippen molar-refractivity contribution < 1.29 is 9.13 Å². The van der Waals surface area contributed by atoms with Gasteiger partial charge < -0.3 is 4.74 Å². The van der Waals surface area contributed by atoms with Crippen molar-refractivity contribution >= 4 is 15.9 Å². The smallest absolute Gasteiger partial charge is 0.137 e. The minimum absolute atomic E-state index is 0.0532. The highest BCUT2D eigenvalue weighted by molar-refractivity contribution is 9.10. The Morgan fingerprint density at radius 2 is 2.10 bits per heavy atom. The zero-order valence-corrected chi connectivity index (χ0v) is 12.9. The van der Waals surface area contributed by atoms with Crippen LogP contribution in [0.2, 0.25) is 0 Å². The van der Waals surface area contributed by atoms with Crippen molar-refractivity contribution in [3.05, 3.63) is 63.9 Å². The fraction of sp³-hybridized carbons (Fsp3) is 0.250. The molecule has 3 N–H and O–H groups in total. The van der Waals surface area contributed by atoms with Crippen molar-refractivity contribution in [2.24, 2.45) is 5.84 Å². The summed E-state index contributed by atoms with van der Waals surface area (Å²) >= 11 is 3.29. The molecule has 0 aromatic heterocycles. The van der Waals surface area contributed by atoms with E-state index in [1.165, 1.54) is 11.6 Å². The van der Waals surface area contributed by atoms with Gasteiger partial charge in [0, 0.05) is 6.42 Å². The van der Waals surface area contributed by atoms with Crippen LogP contribution in [-0.2, 0) is 12.8 Å². The van der Waals surface area contributed by atoms with Gasteiger partial charge in [-0.2, -0.15) is 0 Å².